The maximum Gasteiger partial charge on any atom is 0.260 e. The third kappa shape index (κ3) is 3.46. The molecule has 0 atom stereocenters. The van der Waals surface area contributed by atoms with Gasteiger partial charge in [-0.15, -0.1) is 0 Å². The zero-order chi connectivity index (χ0) is 21.4. The Morgan fingerprint density at radius 1 is 0.903 bits per heavy atom. The number of hydrogen-bond donors (Lipinski definition) is 2. The van der Waals surface area contributed by atoms with Crippen LogP contribution in [-0.4, -0.2) is 20.7 Å². The molecule has 3 aromatic carbocycles. The van der Waals surface area contributed by atoms with Gasteiger partial charge in [0.05, 0.1) is 16.6 Å². The van der Waals surface area contributed by atoms with Crippen LogP contribution in [0.25, 0.3) is 39.1 Å². The summed E-state index contributed by atoms with van der Waals surface area (Å²) in [5.41, 5.74) is 4.63. The number of imidazole rings is 1. The van der Waals surface area contributed by atoms with Crippen molar-refractivity contribution in [2.45, 2.75) is 6.92 Å². The first-order chi connectivity index (χ1) is 15.1. The number of hydrogen-bond acceptors (Lipinski definition) is 3. The summed E-state index contributed by atoms with van der Waals surface area (Å²) in [6.45, 7) is 1.99. The van der Waals surface area contributed by atoms with E-state index in [9.17, 15) is 9.59 Å². The van der Waals surface area contributed by atoms with Crippen molar-refractivity contribution in [2.75, 3.05) is 0 Å². The fourth-order valence-electron chi connectivity index (χ4n) is 3.84. The van der Waals surface area contributed by atoms with Crippen LogP contribution in [0.2, 0.25) is 0 Å². The van der Waals surface area contributed by atoms with E-state index in [0.717, 1.165) is 27.5 Å². The molecule has 0 aliphatic heterocycles. The zero-order valence-corrected chi connectivity index (χ0v) is 16.8. The largest absolute Gasteiger partial charge is 0.338 e. The van der Waals surface area contributed by atoms with E-state index in [1.165, 1.54) is 6.08 Å². The van der Waals surface area contributed by atoms with Crippen molar-refractivity contribution in [1.82, 2.24) is 15.0 Å². The second-order valence-corrected chi connectivity index (χ2v) is 7.46. The van der Waals surface area contributed by atoms with Crippen LogP contribution in [0.5, 0.6) is 0 Å². The Morgan fingerprint density at radius 2 is 1.68 bits per heavy atom. The van der Waals surface area contributed by atoms with Crippen LogP contribution in [0.1, 0.15) is 21.7 Å². The lowest BCUT2D eigenvalue weighted by Crippen LogP contribution is -2.18. The van der Waals surface area contributed by atoms with Crippen molar-refractivity contribution >= 4 is 33.8 Å². The molecule has 0 saturated carbocycles. The highest BCUT2D eigenvalue weighted by atomic mass is 16.1. The van der Waals surface area contributed by atoms with Crippen molar-refractivity contribution in [3.05, 3.63) is 106 Å². The third-order valence-electron chi connectivity index (χ3n) is 5.28. The summed E-state index contributed by atoms with van der Waals surface area (Å²) in [6, 6.07) is 23.0. The summed E-state index contributed by atoms with van der Waals surface area (Å²) in [7, 11) is 0. The highest BCUT2D eigenvalue weighted by Gasteiger charge is 2.19. The average Bonchev–Trinajstić information content (AvgIpc) is 3.20. The molecule has 5 aromatic rings. The number of nitrogens with zero attached hydrogens (tertiary/aromatic N) is 1. The van der Waals surface area contributed by atoms with Crippen molar-refractivity contribution in [3.8, 4) is 11.1 Å². The van der Waals surface area contributed by atoms with Crippen LogP contribution in [0.4, 0.5) is 0 Å². The van der Waals surface area contributed by atoms with E-state index >= 15 is 0 Å². The Balaban J connectivity index is 1.67. The Kier molecular flexibility index (Phi) is 4.56. The molecule has 0 aliphatic rings. The molecule has 2 N–H and O–H groups in total. The van der Waals surface area contributed by atoms with Gasteiger partial charge in [-0.2, -0.15) is 0 Å². The number of para-hydroxylation sites is 2. The third-order valence-corrected chi connectivity index (χ3v) is 5.28. The van der Waals surface area contributed by atoms with E-state index in [1.54, 1.807) is 6.08 Å². The number of aromatic amines is 2. The molecule has 0 unspecified atom stereocenters. The van der Waals surface area contributed by atoms with Crippen molar-refractivity contribution in [3.63, 3.8) is 0 Å². The van der Waals surface area contributed by atoms with E-state index < -0.39 is 5.56 Å². The summed E-state index contributed by atoms with van der Waals surface area (Å²) in [4.78, 5) is 36.7. The molecule has 0 radical (unpaired) electrons. The fourth-order valence-corrected chi connectivity index (χ4v) is 3.84. The topological polar surface area (TPSA) is 78.6 Å². The van der Waals surface area contributed by atoms with Gasteiger partial charge in [-0.05, 0) is 48.9 Å². The number of fused-ring (bicyclic) bond motifs is 2. The van der Waals surface area contributed by atoms with Crippen LogP contribution >= 0.6 is 0 Å². The minimum atomic E-state index is -0.408. The van der Waals surface area contributed by atoms with E-state index in [-0.39, 0.29) is 11.3 Å². The van der Waals surface area contributed by atoms with Crippen molar-refractivity contribution in [1.29, 1.82) is 0 Å². The highest BCUT2D eigenvalue weighted by Crippen LogP contribution is 2.30. The van der Waals surface area contributed by atoms with Gasteiger partial charge in [-0.25, -0.2) is 4.98 Å². The van der Waals surface area contributed by atoms with Crippen molar-refractivity contribution < 1.29 is 4.79 Å². The quantitative estimate of drug-likeness (QED) is 0.316. The van der Waals surface area contributed by atoms with Gasteiger partial charge in [-0.1, -0.05) is 54.1 Å². The second-order valence-electron chi connectivity index (χ2n) is 7.46. The van der Waals surface area contributed by atoms with Crippen LogP contribution in [0.3, 0.4) is 0 Å². The van der Waals surface area contributed by atoms with Gasteiger partial charge in [0.15, 0.2) is 5.78 Å². The number of pyridine rings is 1. The molecule has 0 amide bonds. The summed E-state index contributed by atoms with van der Waals surface area (Å²) < 4.78 is 0. The monoisotopic (exact) mass is 405 g/mol. The Bertz CT molecular complexity index is 1490. The van der Waals surface area contributed by atoms with E-state index in [0.29, 0.717) is 16.9 Å². The number of benzene rings is 3. The number of carbonyl (C=O) groups is 1. The van der Waals surface area contributed by atoms with Crippen molar-refractivity contribution in [2.24, 2.45) is 0 Å². The first-order valence-electron chi connectivity index (χ1n) is 9.99. The molecule has 2 aromatic heterocycles. The maximum absolute atomic E-state index is 13.2. The lowest BCUT2D eigenvalue weighted by molar-refractivity contribution is 0.104. The smallest absolute Gasteiger partial charge is 0.260 e. The maximum atomic E-state index is 13.2. The molecule has 0 bridgehead atoms. The van der Waals surface area contributed by atoms with Gasteiger partial charge in [0, 0.05) is 16.5 Å². The van der Waals surface area contributed by atoms with Crippen LogP contribution in [-0.2, 0) is 0 Å². The fraction of sp³-hybridized carbons (Fsp3) is 0.0385. The summed E-state index contributed by atoms with van der Waals surface area (Å²) >= 11 is 0. The molecule has 2 heterocycles. The minimum Gasteiger partial charge on any atom is -0.338 e. The predicted octanol–water partition coefficient (Wildman–Crippen LogP) is 5.28. The van der Waals surface area contributed by atoms with E-state index in [4.69, 9.17) is 0 Å². The number of ketones is 1. The SMILES string of the molecule is Cc1ccc2[nH]c(=O)c(C(=O)/C=C/c3nc4ccccc4[nH]3)c(-c3ccccc3)c2c1. The minimum absolute atomic E-state index is 0.122. The first-order valence-corrected chi connectivity index (χ1v) is 9.99. The molecular formula is C26H19N3O2. The normalized spacial score (nSPS) is 11.5. The highest BCUT2D eigenvalue weighted by molar-refractivity contribution is 6.15. The van der Waals surface area contributed by atoms with Crippen LogP contribution in [0.15, 0.2) is 83.7 Å². The first kappa shape index (κ1) is 18.8. The standard InChI is InChI=1S/C26H19N3O2/c1-16-11-12-19-18(15-16)24(17-7-3-2-4-8-17)25(26(31)29-19)22(30)13-14-23-27-20-9-5-6-10-21(20)28-23/h2-15H,1H3,(H,27,28)(H,29,31)/b14-13+. The van der Waals surface area contributed by atoms with Gasteiger partial charge in [0.2, 0.25) is 0 Å². The summed E-state index contributed by atoms with van der Waals surface area (Å²) in [5, 5.41) is 0.839. The molecule has 0 saturated heterocycles. The lowest BCUT2D eigenvalue weighted by atomic mass is 9.93. The molecule has 5 nitrogen and oxygen atoms in total. The molecule has 5 heteroatoms. The Morgan fingerprint density at radius 3 is 2.48 bits per heavy atom. The van der Waals surface area contributed by atoms with Gasteiger partial charge in [0.1, 0.15) is 5.82 Å². The van der Waals surface area contributed by atoms with Gasteiger partial charge in [-0.3, -0.25) is 9.59 Å². The van der Waals surface area contributed by atoms with E-state index in [2.05, 4.69) is 15.0 Å². The summed E-state index contributed by atoms with van der Waals surface area (Å²) in [6.07, 6.45) is 3.01. The molecule has 5 rings (SSSR count). The number of carbonyl (C=O) groups excluding carboxylic acids is 1. The Labute approximate surface area is 178 Å². The zero-order valence-electron chi connectivity index (χ0n) is 16.8. The molecule has 0 spiro atoms. The van der Waals surface area contributed by atoms with Gasteiger partial charge >= 0.3 is 0 Å². The number of rotatable bonds is 4. The number of aromatic nitrogens is 3. The van der Waals surface area contributed by atoms with Crippen LogP contribution < -0.4 is 5.56 Å². The molecule has 150 valence electrons. The van der Waals surface area contributed by atoms with Gasteiger partial charge in [0.25, 0.3) is 5.56 Å². The number of allylic oxidation sites excluding steroid dienone is 1. The Hall–Kier alpha value is -4.25. The summed E-state index contributed by atoms with van der Waals surface area (Å²) in [5.74, 6) is 0.188. The lowest BCUT2D eigenvalue weighted by Gasteiger charge is -2.12. The van der Waals surface area contributed by atoms with E-state index in [1.807, 2.05) is 79.7 Å². The molecule has 31 heavy (non-hydrogen) atoms. The number of aryl methyl sites for hydroxylation is 1. The number of nitrogens with one attached hydrogen (secondary N) is 2. The number of H-pyrrole nitrogens is 2. The predicted molar refractivity (Wildman–Crippen MR) is 124 cm³/mol. The molecular weight excluding hydrogens is 386 g/mol. The van der Waals surface area contributed by atoms with Gasteiger partial charge < -0.3 is 9.97 Å². The molecule has 0 aliphatic carbocycles. The van der Waals surface area contributed by atoms with Crippen LogP contribution in [0, 0.1) is 6.92 Å². The molecule has 0 fully saturated rings. The average molecular weight is 405 g/mol. The second kappa shape index (κ2) is 7.54.